The summed E-state index contributed by atoms with van der Waals surface area (Å²) in [5.41, 5.74) is 0.808. The summed E-state index contributed by atoms with van der Waals surface area (Å²) in [6, 6.07) is 9.48. The van der Waals surface area contributed by atoms with Gasteiger partial charge in [-0.05, 0) is 25.0 Å². The lowest BCUT2D eigenvalue weighted by Gasteiger charge is -2.11. The quantitative estimate of drug-likeness (QED) is 0.613. The van der Waals surface area contributed by atoms with Crippen molar-refractivity contribution < 1.29 is 4.79 Å². The fourth-order valence-corrected chi connectivity index (χ4v) is 3.80. The van der Waals surface area contributed by atoms with Crippen molar-refractivity contribution in [3.05, 3.63) is 48.8 Å². The van der Waals surface area contributed by atoms with Crippen LogP contribution in [0.15, 0.2) is 48.1 Å². The number of thioether (sulfide) groups is 1. The van der Waals surface area contributed by atoms with Gasteiger partial charge in [0.1, 0.15) is 5.82 Å². The second-order valence-corrected chi connectivity index (χ2v) is 6.87. The molecule has 1 N–H and O–H groups in total. The van der Waals surface area contributed by atoms with Crippen LogP contribution in [0.2, 0.25) is 0 Å². The second-order valence-electron chi connectivity index (χ2n) is 5.92. The third kappa shape index (κ3) is 4.06. The van der Waals surface area contributed by atoms with Crippen LogP contribution in [0.4, 0.5) is 5.69 Å². The van der Waals surface area contributed by atoms with Crippen LogP contribution in [0.25, 0.3) is 0 Å². The zero-order valence-electron chi connectivity index (χ0n) is 13.6. The molecule has 1 aromatic heterocycles. The standard InChI is InChI=1S/C18H22N4OS/c1-2-12-22-17(14-8-6-7-9-14)20-21-18(22)24-13-16(23)19-15-10-4-3-5-11-15/h2-5,10-11,14H,1,6-9,12-13H2,(H,19,23). The van der Waals surface area contributed by atoms with Crippen LogP contribution in [0, 0.1) is 0 Å². The molecule has 0 atom stereocenters. The van der Waals surface area contributed by atoms with Crippen molar-refractivity contribution in [2.24, 2.45) is 0 Å². The predicted octanol–water partition coefficient (Wildman–Crippen LogP) is 3.85. The predicted molar refractivity (Wildman–Crippen MR) is 97.2 cm³/mol. The van der Waals surface area contributed by atoms with Gasteiger partial charge in [-0.1, -0.05) is 48.9 Å². The number of nitrogens with zero attached hydrogens (tertiary/aromatic N) is 3. The minimum atomic E-state index is -0.0400. The molecule has 0 bridgehead atoms. The van der Waals surface area contributed by atoms with Crippen LogP contribution in [0.5, 0.6) is 0 Å². The van der Waals surface area contributed by atoms with Gasteiger partial charge in [-0.25, -0.2) is 0 Å². The van der Waals surface area contributed by atoms with E-state index in [0.717, 1.165) is 16.7 Å². The molecule has 0 saturated heterocycles. The topological polar surface area (TPSA) is 59.8 Å². The van der Waals surface area contributed by atoms with E-state index in [1.807, 2.05) is 36.4 Å². The zero-order valence-corrected chi connectivity index (χ0v) is 14.5. The number of carbonyl (C=O) groups excluding carboxylic acids is 1. The largest absolute Gasteiger partial charge is 0.325 e. The molecule has 1 aliphatic rings. The van der Waals surface area contributed by atoms with Gasteiger partial charge in [-0.3, -0.25) is 4.79 Å². The van der Waals surface area contributed by atoms with Crippen molar-refractivity contribution >= 4 is 23.4 Å². The summed E-state index contributed by atoms with van der Waals surface area (Å²) in [5, 5.41) is 12.4. The number of amides is 1. The summed E-state index contributed by atoms with van der Waals surface area (Å²) >= 11 is 1.42. The minimum absolute atomic E-state index is 0.0400. The van der Waals surface area contributed by atoms with Gasteiger partial charge in [0.2, 0.25) is 5.91 Å². The highest BCUT2D eigenvalue weighted by atomic mass is 32.2. The lowest BCUT2D eigenvalue weighted by molar-refractivity contribution is -0.113. The van der Waals surface area contributed by atoms with E-state index in [4.69, 9.17) is 0 Å². The maximum absolute atomic E-state index is 12.1. The normalized spacial score (nSPS) is 14.7. The first kappa shape index (κ1) is 16.8. The van der Waals surface area contributed by atoms with Crippen molar-refractivity contribution in [2.45, 2.75) is 43.3 Å². The molecule has 6 heteroatoms. The smallest absolute Gasteiger partial charge is 0.234 e. The molecule has 1 saturated carbocycles. The number of hydrogen-bond acceptors (Lipinski definition) is 4. The van der Waals surface area contributed by atoms with Crippen LogP contribution >= 0.6 is 11.8 Å². The molecule has 1 fully saturated rings. The average molecular weight is 342 g/mol. The van der Waals surface area contributed by atoms with E-state index in [2.05, 4.69) is 26.7 Å². The molecule has 0 radical (unpaired) electrons. The Morgan fingerprint density at radius 1 is 1.29 bits per heavy atom. The molecule has 0 spiro atoms. The Morgan fingerprint density at radius 2 is 2.04 bits per heavy atom. The minimum Gasteiger partial charge on any atom is -0.325 e. The Bertz CT molecular complexity index is 692. The summed E-state index contributed by atoms with van der Waals surface area (Å²) in [6.07, 6.45) is 6.72. The summed E-state index contributed by atoms with van der Waals surface area (Å²) in [4.78, 5) is 12.1. The molecule has 1 heterocycles. The molecular weight excluding hydrogens is 320 g/mol. The summed E-state index contributed by atoms with van der Waals surface area (Å²) in [6.45, 7) is 4.51. The third-order valence-electron chi connectivity index (χ3n) is 4.17. The second kappa shape index (κ2) is 8.15. The first-order valence-corrected chi connectivity index (χ1v) is 9.28. The zero-order chi connectivity index (χ0) is 16.8. The van der Waals surface area contributed by atoms with E-state index in [-0.39, 0.29) is 5.91 Å². The van der Waals surface area contributed by atoms with E-state index < -0.39 is 0 Å². The monoisotopic (exact) mass is 342 g/mol. The van der Waals surface area contributed by atoms with Gasteiger partial charge in [0, 0.05) is 18.2 Å². The molecule has 3 rings (SSSR count). The lowest BCUT2D eigenvalue weighted by atomic mass is 10.1. The highest BCUT2D eigenvalue weighted by Gasteiger charge is 2.24. The Morgan fingerprint density at radius 3 is 2.75 bits per heavy atom. The number of hydrogen-bond donors (Lipinski definition) is 1. The number of rotatable bonds is 7. The molecule has 0 unspecified atom stereocenters. The number of aromatic nitrogens is 3. The van der Waals surface area contributed by atoms with Crippen molar-refractivity contribution in [2.75, 3.05) is 11.1 Å². The van der Waals surface area contributed by atoms with Gasteiger partial charge in [0.15, 0.2) is 5.16 Å². The van der Waals surface area contributed by atoms with Crippen molar-refractivity contribution in [1.29, 1.82) is 0 Å². The van der Waals surface area contributed by atoms with Crippen LogP contribution in [-0.4, -0.2) is 26.4 Å². The molecule has 1 amide bonds. The maximum Gasteiger partial charge on any atom is 0.234 e. The van der Waals surface area contributed by atoms with Gasteiger partial charge in [0.05, 0.1) is 5.75 Å². The highest BCUT2D eigenvalue weighted by molar-refractivity contribution is 7.99. The summed E-state index contributed by atoms with van der Waals surface area (Å²) in [5.74, 6) is 1.81. The molecular formula is C18H22N4OS. The number of carbonyl (C=O) groups is 1. The van der Waals surface area contributed by atoms with Gasteiger partial charge in [-0.2, -0.15) is 0 Å². The van der Waals surface area contributed by atoms with Crippen LogP contribution in [0.3, 0.4) is 0 Å². The maximum atomic E-state index is 12.1. The molecule has 5 nitrogen and oxygen atoms in total. The Hall–Kier alpha value is -2.08. The number of nitrogens with one attached hydrogen (secondary N) is 1. The first-order chi connectivity index (χ1) is 11.8. The first-order valence-electron chi connectivity index (χ1n) is 8.29. The molecule has 1 aliphatic carbocycles. The van der Waals surface area contributed by atoms with E-state index in [1.54, 1.807) is 0 Å². The summed E-state index contributed by atoms with van der Waals surface area (Å²) in [7, 11) is 0. The van der Waals surface area contributed by atoms with Crippen molar-refractivity contribution in [1.82, 2.24) is 14.8 Å². The Labute approximate surface area is 146 Å². The van der Waals surface area contributed by atoms with E-state index >= 15 is 0 Å². The van der Waals surface area contributed by atoms with Crippen molar-refractivity contribution in [3.8, 4) is 0 Å². The number of benzene rings is 1. The van der Waals surface area contributed by atoms with Gasteiger partial charge in [0.25, 0.3) is 0 Å². The SMILES string of the molecule is C=CCn1c(SCC(=O)Nc2ccccc2)nnc1C1CCCC1. The van der Waals surface area contributed by atoms with Crippen LogP contribution in [-0.2, 0) is 11.3 Å². The fraction of sp³-hybridized carbons (Fsp3) is 0.389. The van der Waals surface area contributed by atoms with Gasteiger partial charge in [-0.15, -0.1) is 16.8 Å². The number of para-hydroxylation sites is 1. The van der Waals surface area contributed by atoms with Crippen LogP contribution in [0.1, 0.15) is 37.4 Å². The van der Waals surface area contributed by atoms with Crippen LogP contribution < -0.4 is 5.32 Å². The number of allylic oxidation sites excluding steroid dienone is 1. The van der Waals surface area contributed by atoms with Crippen molar-refractivity contribution in [3.63, 3.8) is 0 Å². The fourth-order valence-electron chi connectivity index (χ4n) is 3.04. The van der Waals surface area contributed by atoms with Gasteiger partial charge >= 0.3 is 0 Å². The Balaban J connectivity index is 1.64. The Kier molecular flexibility index (Phi) is 5.69. The number of anilines is 1. The summed E-state index contributed by atoms with van der Waals surface area (Å²) < 4.78 is 2.10. The molecule has 2 aromatic rings. The average Bonchev–Trinajstić information content (AvgIpc) is 3.24. The lowest BCUT2D eigenvalue weighted by Crippen LogP contribution is -2.15. The van der Waals surface area contributed by atoms with Gasteiger partial charge < -0.3 is 9.88 Å². The molecule has 24 heavy (non-hydrogen) atoms. The molecule has 1 aromatic carbocycles. The van der Waals surface area contributed by atoms with E-state index in [9.17, 15) is 4.79 Å². The highest BCUT2D eigenvalue weighted by Crippen LogP contribution is 2.34. The van der Waals surface area contributed by atoms with E-state index in [0.29, 0.717) is 18.2 Å². The third-order valence-corrected chi connectivity index (χ3v) is 5.13. The van der Waals surface area contributed by atoms with E-state index in [1.165, 1.54) is 37.4 Å². The molecule has 126 valence electrons. The molecule has 0 aliphatic heterocycles.